The summed E-state index contributed by atoms with van der Waals surface area (Å²) in [5.41, 5.74) is 0.105. The average Bonchev–Trinajstić information content (AvgIpc) is 2.86. The number of sulfonamides is 1. The Morgan fingerprint density at radius 1 is 1.17 bits per heavy atom. The van der Waals surface area contributed by atoms with Gasteiger partial charge in [-0.25, -0.2) is 21.6 Å². The maximum Gasteiger partial charge on any atom is 0.272 e. The Balaban J connectivity index is 2.32. The topological polar surface area (TPSA) is 148 Å². The summed E-state index contributed by atoms with van der Waals surface area (Å²) >= 11 is 16.4. The highest BCUT2D eigenvalue weighted by atomic mass is 35.6. The van der Waals surface area contributed by atoms with Crippen LogP contribution in [0.2, 0.25) is 0 Å². The lowest BCUT2D eigenvalue weighted by Gasteiger charge is -2.22. The van der Waals surface area contributed by atoms with Crippen LogP contribution in [0.25, 0.3) is 0 Å². The summed E-state index contributed by atoms with van der Waals surface area (Å²) in [5, 5.41) is 4.68. The molecule has 0 aromatic heterocycles. The SMILES string of the molecule is COc1ccc(S(=O)(=O)N[C@@H]2CS(=O)(=O)C[C@@H]2NC(=O)C(Cl)(Cl)Cl)cc1NC(C)=O. The Hall–Kier alpha value is -1.31. The zero-order valence-electron chi connectivity index (χ0n) is 15.6. The molecular weight excluding hydrogens is 505 g/mol. The molecule has 0 bridgehead atoms. The van der Waals surface area contributed by atoms with Gasteiger partial charge in [0.1, 0.15) is 5.75 Å². The molecule has 1 fully saturated rings. The number of hydrogen-bond donors (Lipinski definition) is 3. The van der Waals surface area contributed by atoms with E-state index < -0.39 is 59.1 Å². The molecule has 0 saturated carbocycles. The summed E-state index contributed by atoms with van der Waals surface area (Å²) in [4.78, 5) is 23.0. The molecule has 0 radical (unpaired) electrons. The Labute approximate surface area is 188 Å². The van der Waals surface area contributed by atoms with Gasteiger partial charge >= 0.3 is 0 Å². The highest BCUT2D eigenvalue weighted by molar-refractivity contribution is 7.92. The van der Waals surface area contributed by atoms with Gasteiger partial charge in [0.25, 0.3) is 9.70 Å². The molecule has 1 saturated heterocycles. The molecule has 15 heteroatoms. The fraction of sp³-hybridized carbons (Fsp3) is 0.467. The largest absolute Gasteiger partial charge is 0.495 e. The molecule has 1 aliphatic heterocycles. The van der Waals surface area contributed by atoms with Crippen LogP contribution < -0.4 is 20.1 Å². The summed E-state index contributed by atoms with van der Waals surface area (Å²) in [5.74, 6) is -2.41. The van der Waals surface area contributed by atoms with Crippen LogP contribution in [0.1, 0.15) is 6.92 Å². The second kappa shape index (κ2) is 9.05. The van der Waals surface area contributed by atoms with Gasteiger partial charge in [-0.15, -0.1) is 0 Å². The number of ether oxygens (including phenoxy) is 1. The summed E-state index contributed by atoms with van der Waals surface area (Å²) in [6, 6.07) is 1.34. The monoisotopic (exact) mass is 521 g/mol. The number of sulfone groups is 1. The van der Waals surface area contributed by atoms with Crippen molar-refractivity contribution >= 4 is 72.2 Å². The minimum Gasteiger partial charge on any atom is -0.495 e. The maximum absolute atomic E-state index is 12.8. The van der Waals surface area contributed by atoms with Gasteiger partial charge in [0, 0.05) is 6.92 Å². The number of methoxy groups -OCH3 is 1. The lowest BCUT2D eigenvalue weighted by Crippen LogP contribution is -2.53. The molecule has 0 unspecified atom stereocenters. The van der Waals surface area contributed by atoms with Gasteiger partial charge in [-0.05, 0) is 18.2 Å². The maximum atomic E-state index is 12.8. The van der Waals surface area contributed by atoms with Crippen LogP contribution in [-0.2, 0) is 29.4 Å². The number of anilines is 1. The van der Waals surface area contributed by atoms with Gasteiger partial charge < -0.3 is 15.4 Å². The molecule has 1 aliphatic rings. The minimum atomic E-state index is -4.25. The van der Waals surface area contributed by atoms with Crippen molar-refractivity contribution in [3.05, 3.63) is 18.2 Å². The highest BCUT2D eigenvalue weighted by Gasteiger charge is 2.43. The first-order chi connectivity index (χ1) is 13.6. The average molecular weight is 523 g/mol. The fourth-order valence-corrected chi connectivity index (χ4v) is 6.20. The van der Waals surface area contributed by atoms with E-state index in [-0.39, 0.29) is 16.3 Å². The normalized spacial score (nSPS) is 21.1. The Kier molecular flexibility index (Phi) is 7.53. The van der Waals surface area contributed by atoms with E-state index in [0.29, 0.717) is 0 Å². The standard InChI is InChI=1S/C15H18Cl3N3O7S2/c1-8(22)19-10-5-9(3-4-13(10)28-2)30(26,27)21-12-7-29(24,25)6-11(12)20-14(23)15(16,17)18/h3-5,11-12,21H,6-7H2,1-2H3,(H,19,22)(H,20,23)/t11-,12+/m0/s1. The van der Waals surface area contributed by atoms with Crippen LogP contribution in [-0.4, -0.2) is 63.1 Å². The number of amides is 2. The highest BCUT2D eigenvalue weighted by Crippen LogP contribution is 2.29. The van der Waals surface area contributed by atoms with Crippen LogP contribution in [0.5, 0.6) is 5.75 Å². The van der Waals surface area contributed by atoms with Gasteiger partial charge in [-0.3, -0.25) is 9.59 Å². The molecular formula is C15H18Cl3N3O7S2. The zero-order valence-corrected chi connectivity index (χ0v) is 19.5. The number of hydrogen-bond acceptors (Lipinski definition) is 7. The van der Waals surface area contributed by atoms with Crippen LogP contribution >= 0.6 is 34.8 Å². The smallest absolute Gasteiger partial charge is 0.272 e. The van der Waals surface area contributed by atoms with Crippen LogP contribution in [0.3, 0.4) is 0 Å². The number of halogens is 3. The molecule has 10 nitrogen and oxygen atoms in total. The van der Waals surface area contributed by atoms with Gasteiger partial charge in [0.05, 0.1) is 41.3 Å². The summed E-state index contributed by atoms with van der Waals surface area (Å²) in [6.07, 6.45) is 0. The lowest BCUT2D eigenvalue weighted by molar-refractivity contribution is -0.121. The van der Waals surface area contributed by atoms with Crippen molar-refractivity contribution in [1.82, 2.24) is 10.0 Å². The van der Waals surface area contributed by atoms with E-state index in [9.17, 15) is 26.4 Å². The second-order valence-corrected chi connectivity index (χ2v) is 12.6. The molecule has 3 N–H and O–H groups in total. The molecule has 1 aromatic rings. The number of benzene rings is 1. The van der Waals surface area contributed by atoms with E-state index in [1.165, 1.54) is 26.2 Å². The first kappa shape index (κ1) is 25.0. The summed E-state index contributed by atoms with van der Waals surface area (Å²) in [7, 11) is -6.58. The summed E-state index contributed by atoms with van der Waals surface area (Å²) < 4.78 is 54.6. The number of carbonyl (C=O) groups excluding carboxylic acids is 2. The third-order valence-electron chi connectivity index (χ3n) is 4.03. The van der Waals surface area contributed by atoms with Gasteiger partial charge in [0.15, 0.2) is 9.84 Å². The van der Waals surface area contributed by atoms with Gasteiger partial charge in [-0.2, -0.15) is 0 Å². The third kappa shape index (κ3) is 6.34. The van der Waals surface area contributed by atoms with E-state index in [1.54, 1.807) is 0 Å². The molecule has 2 amide bonds. The Morgan fingerprint density at radius 2 is 1.77 bits per heavy atom. The number of rotatable bonds is 6. The Morgan fingerprint density at radius 3 is 2.30 bits per heavy atom. The second-order valence-electron chi connectivity index (χ2n) is 6.43. The number of alkyl halides is 3. The van der Waals surface area contributed by atoms with E-state index >= 15 is 0 Å². The van der Waals surface area contributed by atoms with Crippen molar-refractivity contribution in [2.75, 3.05) is 23.9 Å². The van der Waals surface area contributed by atoms with Crippen LogP contribution in [0.15, 0.2) is 23.1 Å². The van der Waals surface area contributed by atoms with Crippen molar-refractivity contribution in [1.29, 1.82) is 0 Å². The van der Waals surface area contributed by atoms with Crippen LogP contribution in [0.4, 0.5) is 5.69 Å². The number of nitrogens with one attached hydrogen (secondary N) is 3. The quantitative estimate of drug-likeness (QED) is 0.463. The van der Waals surface area contributed by atoms with Gasteiger partial charge in [-0.1, -0.05) is 34.8 Å². The van der Waals surface area contributed by atoms with Crippen molar-refractivity contribution in [3.8, 4) is 5.75 Å². The first-order valence-corrected chi connectivity index (χ1v) is 12.6. The van der Waals surface area contributed by atoms with Crippen molar-refractivity contribution in [3.63, 3.8) is 0 Å². The van der Waals surface area contributed by atoms with Crippen molar-refractivity contribution < 1.29 is 31.2 Å². The van der Waals surface area contributed by atoms with Crippen molar-refractivity contribution in [2.45, 2.75) is 27.7 Å². The predicted molar refractivity (Wildman–Crippen MR) is 112 cm³/mol. The molecule has 2 rings (SSSR count). The van der Waals surface area contributed by atoms with E-state index in [1.807, 2.05) is 0 Å². The molecule has 0 spiro atoms. The number of carbonyl (C=O) groups is 2. The van der Waals surface area contributed by atoms with E-state index in [4.69, 9.17) is 39.5 Å². The zero-order chi connectivity index (χ0) is 22.9. The summed E-state index contributed by atoms with van der Waals surface area (Å²) in [6.45, 7) is 1.24. The minimum absolute atomic E-state index is 0.105. The first-order valence-electron chi connectivity index (χ1n) is 8.21. The molecule has 30 heavy (non-hydrogen) atoms. The fourth-order valence-electron chi connectivity index (χ4n) is 2.77. The lowest BCUT2D eigenvalue weighted by atomic mass is 10.2. The van der Waals surface area contributed by atoms with E-state index in [2.05, 4.69) is 15.4 Å². The van der Waals surface area contributed by atoms with Crippen molar-refractivity contribution in [2.24, 2.45) is 0 Å². The molecule has 2 atom stereocenters. The Bertz CT molecular complexity index is 1060. The molecule has 0 aliphatic carbocycles. The van der Waals surface area contributed by atoms with Crippen LogP contribution in [0, 0.1) is 0 Å². The van der Waals surface area contributed by atoms with E-state index in [0.717, 1.165) is 6.07 Å². The molecule has 168 valence electrons. The predicted octanol–water partition coefficient (Wildman–Crippen LogP) is 0.584. The molecule has 1 heterocycles. The third-order valence-corrected chi connectivity index (χ3v) is 7.76. The van der Waals surface area contributed by atoms with Gasteiger partial charge in [0.2, 0.25) is 15.9 Å². The molecule has 1 aromatic carbocycles.